The summed E-state index contributed by atoms with van der Waals surface area (Å²) in [5.41, 5.74) is 4.06. The third-order valence-electron chi connectivity index (χ3n) is 5.98. The average Bonchev–Trinajstić information content (AvgIpc) is 2.55. The second-order valence-corrected chi connectivity index (χ2v) is 8.22. The minimum atomic E-state index is 0.556. The maximum absolute atomic E-state index is 4.86. The van der Waals surface area contributed by atoms with Crippen LogP contribution in [0, 0.1) is 13.8 Å². The molecule has 4 nitrogen and oxygen atoms in total. The molecule has 2 atom stereocenters. The van der Waals surface area contributed by atoms with Crippen molar-refractivity contribution < 1.29 is 0 Å². The quantitative estimate of drug-likeness (QED) is 0.627. The normalized spacial score (nSPS) is 26.6. The van der Waals surface area contributed by atoms with Crippen LogP contribution in [0.15, 0.2) is 23.2 Å². The van der Waals surface area contributed by atoms with E-state index >= 15 is 0 Å². The predicted octanol–water partition coefficient (Wildman–Crippen LogP) is 3.42. The van der Waals surface area contributed by atoms with Gasteiger partial charge in [-0.25, -0.2) is 0 Å². The van der Waals surface area contributed by atoms with Crippen molar-refractivity contribution in [1.29, 1.82) is 0 Å². The molecule has 0 radical (unpaired) electrons. The van der Waals surface area contributed by atoms with Crippen molar-refractivity contribution in [1.82, 2.24) is 15.5 Å². The largest absolute Gasteiger partial charge is 0.357 e. The third-order valence-corrected chi connectivity index (χ3v) is 5.98. The van der Waals surface area contributed by atoms with Gasteiger partial charge in [-0.1, -0.05) is 35.7 Å². The number of rotatable bonds is 5. The van der Waals surface area contributed by atoms with Gasteiger partial charge in [-0.3, -0.25) is 4.99 Å². The van der Waals surface area contributed by atoms with Gasteiger partial charge in [-0.05, 0) is 65.5 Å². The van der Waals surface area contributed by atoms with E-state index in [1.165, 1.54) is 48.8 Å². The number of piperidine rings is 2. The molecule has 0 aliphatic carbocycles. The number of nitrogens with one attached hydrogen (secondary N) is 2. The Labute approximate surface area is 159 Å². The second kappa shape index (κ2) is 8.90. The topological polar surface area (TPSA) is 39.7 Å². The number of hydrogen-bond acceptors (Lipinski definition) is 2. The van der Waals surface area contributed by atoms with E-state index in [4.69, 9.17) is 4.99 Å². The summed E-state index contributed by atoms with van der Waals surface area (Å²) < 4.78 is 0. The summed E-state index contributed by atoms with van der Waals surface area (Å²) in [7, 11) is 2.31. The minimum Gasteiger partial charge on any atom is -0.357 e. The number of nitrogens with zero attached hydrogens (tertiary/aromatic N) is 2. The molecule has 2 fully saturated rings. The smallest absolute Gasteiger partial charge is 0.191 e. The summed E-state index contributed by atoms with van der Waals surface area (Å²) in [6, 6.07) is 8.84. The van der Waals surface area contributed by atoms with E-state index in [9.17, 15) is 0 Å². The van der Waals surface area contributed by atoms with E-state index in [1.54, 1.807) is 0 Å². The molecule has 2 aliphatic rings. The highest BCUT2D eigenvalue weighted by atomic mass is 15.2. The van der Waals surface area contributed by atoms with E-state index in [1.807, 2.05) is 0 Å². The van der Waals surface area contributed by atoms with Crippen LogP contribution in [-0.2, 0) is 6.42 Å². The van der Waals surface area contributed by atoms with E-state index in [2.05, 4.69) is 61.6 Å². The first-order valence-electron chi connectivity index (χ1n) is 10.4. The van der Waals surface area contributed by atoms with Crippen LogP contribution < -0.4 is 10.6 Å². The summed E-state index contributed by atoms with van der Waals surface area (Å²) in [5.74, 6) is 0.990. The molecule has 4 heteroatoms. The summed E-state index contributed by atoms with van der Waals surface area (Å²) in [6.45, 7) is 8.22. The number of aryl methyl sites for hydroxylation is 2. The summed E-state index contributed by atoms with van der Waals surface area (Å²) in [6.07, 6.45) is 7.59. The van der Waals surface area contributed by atoms with Crippen LogP contribution >= 0.6 is 0 Å². The molecule has 2 unspecified atom stereocenters. The van der Waals surface area contributed by atoms with Crippen LogP contribution in [0.3, 0.4) is 0 Å². The van der Waals surface area contributed by atoms with Gasteiger partial charge < -0.3 is 15.5 Å². The first-order chi connectivity index (χ1) is 12.5. The van der Waals surface area contributed by atoms with Crippen molar-refractivity contribution in [3.63, 3.8) is 0 Å². The Hall–Kier alpha value is -1.55. The third kappa shape index (κ3) is 5.00. The molecule has 2 N–H and O–H groups in total. The maximum atomic E-state index is 4.86. The van der Waals surface area contributed by atoms with Gasteiger partial charge in [-0.2, -0.15) is 0 Å². The van der Waals surface area contributed by atoms with E-state index in [-0.39, 0.29) is 0 Å². The first kappa shape index (κ1) is 19.2. The molecule has 26 heavy (non-hydrogen) atoms. The van der Waals surface area contributed by atoms with Crippen LogP contribution in [0.1, 0.15) is 55.7 Å². The molecule has 144 valence electrons. The lowest BCUT2D eigenvalue weighted by Gasteiger charge is -2.47. The monoisotopic (exact) mass is 356 g/mol. The van der Waals surface area contributed by atoms with E-state index in [0.29, 0.717) is 6.04 Å². The van der Waals surface area contributed by atoms with Gasteiger partial charge in [0.05, 0.1) is 0 Å². The lowest BCUT2D eigenvalue weighted by atomic mass is 9.82. The molecule has 2 aliphatic heterocycles. The fourth-order valence-corrected chi connectivity index (χ4v) is 4.76. The molecule has 1 aromatic carbocycles. The molecular weight excluding hydrogens is 320 g/mol. The van der Waals surface area contributed by atoms with Gasteiger partial charge in [0, 0.05) is 31.2 Å². The highest BCUT2D eigenvalue weighted by Crippen LogP contribution is 2.32. The van der Waals surface area contributed by atoms with Gasteiger partial charge in [0.1, 0.15) is 0 Å². The fourth-order valence-electron chi connectivity index (χ4n) is 4.76. The van der Waals surface area contributed by atoms with Gasteiger partial charge in [-0.15, -0.1) is 0 Å². The Kier molecular flexibility index (Phi) is 6.58. The van der Waals surface area contributed by atoms with Gasteiger partial charge in [0.2, 0.25) is 0 Å². The van der Waals surface area contributed by atoms with Crippen molar-refractivity contribution in [3.8, 4) is 0 Å². The maximum Gasteiger partial charge on any atom is 0.191 e. The Bertz CT molecular complexity index is 590. The molecule has 3 rings (SSSR count). The fraction of sp³-hybridized carbons (Fsp3) is 0.682. The highest BCUT2D eigenvalue weighted by molar-refractivity contribution is 5.80. The van der Waals surface area contributed by atoms with Crippen molar-refractivity contribution >= 4 is 5.96 Å². The Morgan fingerprint density at radius 1 is 1.12 bits per heavy atom. The summed E-state index contributed by atoms with van der Waals surface area (Å²) in [4.78, 5) is 7.47. The molecule has 0 spiro atoms. The lowest BCUT2D eigenvalue weighted by Crippen LogP contribution is -2.56. The molecule has 0 aromatic heterocycles. The first-order valence-corrected chi connectivity index (χ1v) is 10.4. The van der Waals surface area contributed by atoms with Crippen molar-refractivity contribution in [3.05, 3.63) is 34.9 Å². The Balaban J connectivity index is 1.57. The van der Waals surface area contributed by atoms with Gasteiger partial charge in [0.25, 0.3) is 0 Å². The second-order valence-electron chi connectivity index (χ2n) is 8.22. The summed E-state index contributed by atoms with van der Waals surface area (Å²) >= 11 is 0. The Morgan fingerprint density at radius 2 is 1.77 bits per heavy atom. The number of fused-ring (bicyclic) bond motifs is 2. The standard InChI is InChI=1S/C22H36N4/c1-5-23-22(24-10-9-18-12-16(2)11-17(3)13-18)25-19-14-20-7-6-8-21(15-19)26(20)4/h11-13,19-21H,5-10,14-15H2,1-4H3,(H2,23,24,25). The molecule has 2 bridgehead atoms. The number of benzene rings is 1. The van der Waals surface area contributed by atoms with Crippen LogP contribution in [0.2, 0.25) is 0 Å². The SMILES string of the molecule is CCNC(=NCCc1cc(C)cc(C)c1)NC1CC2CCCC(C1)N2C. The highest BCUT2D eigenvalue weighted by Gasteiger charge is 2.36. The van der Waals surface area contributed by atoms with Crippen LogP contribution in [-0.4, -0.2) is 49.1 Å². The van der Waals surface area contributed by atoms with E-state index < -0.39 is 0 Å². The van der Waals surface area contributed by atoms with Gasteiger partial charge >= 0.3 is 0 Å². The van der Waals surface area contributed by atoms with Crippen LogP contribution in [0.25, 0.3) is 0 Å². The average molecular weight is 357 g/mol. The van der Waals surface area contributed by atoms with Crippen molar-refractivity contribution in [2.75, 3.05) is 20.1 Å². The molecular formula is C22H36N4. The van der Waals surface area contributed by atoms with Crippen LogP contribution in [0.4, 0.5) is 0 Å². The number of hydrogen-bond donors (Lipinski definition) is 2. The molecule has 1 aromatic rings. The zero-order valence-electron chi connectivity index (χ0n) is 17.0. The zero-order valence-corrected chi connectivity index (χ0v) is 17.0. The lowest BCUT2D eigenvalue weighted by molar-refractivity contribution is 0.0526. The van der Waals surface area contributed by atoms with Gasteiger partial charge in [0.15, 0.2) is 5.96 Å². The van der Waals surface area contributed by atoms with Crippen molar-refractivity contribution in [2.24, 2.45) is 4.99 Å². The molecule has 0 saturated carbocycles. The minimum absolute atomic E-state index is 0.556. The molecule has 2 heterocycles. The molecule has 0 amide bonds. The van der Waals surface area contributed by atoms with Crippen LogP contribution in [0.5, 0.6) is 0 Å². The van der Waals surface area contributed by atoms with E-state index in [0.717, 1.165) is 37.6 Å². The number of guanidine groups is 1. The Morgan fingerprint density at radius 3 is 2.38 bits per heavy atom. The molecule has 2 saturated heterocycles. The van der Waals surface area contributed by atoms with Crippen molar-refractivity contribution in [2.45, 2.75) is 77.4 Å². The number of aliphatic imine (C=N–C) groups is 1. The predicted molar refractivity (Wildman–Crippen MR) is 111 cm³/mol. The zero-order chi connectivity index (χ0) is 18.5. The summed E-state index contributed by atoms with van der Waals surface area (Å²) in [5, 5.41) is 7.17.